The Balaban J connectivity index is 2.05. The molecule has 0 aromatic heterocycles. The molecule has 5 aromatic carbocycles. The van der Waals surface area contributed by atoms with Crippen molar-refractivity contribution in [1.29, 1.82) is 0 Å². The van der Waals surface area contributed by atoms with Crippen LogP contribution in [-0.4, -0.2) is 61.7 Å². The van der Waals surface area contributed by atoms with Crippen molar-refractivity contribution in [3.05, 3.63) is 49.3 Å². The average molecular weight is 587 g/mol. The van der Waals surface area contributed by atoms with E-state index in [1.165, 1.54) is 33.5 Å². The fourth-order valence-electron chi connectivity index (χ4n) is 6.44. The minimum atomic E-state index is -1.18. The van der Waals surface area contributed by atoms with Gasteiger partial charge in [0.25, 0.3) is 0 Å². The molecule has 5 N–H and O–H groups in total. The summed E-state index contributed by atoms with van der Waals surface area (Å²) in [6.07, 6.45) is 2.06. The first-order chi connectivity index (χ1) is 20.5. The number of nitrogens with one attached hydrogen (secondary N) is 2. The Bertz CT molecular complexity index is 2190. The smallest absolute Gasteiger partial charge is 0.322 e. The Morgan fingerprint density at radius 1 is 0.744 bits per heavy atom. The van der Waals surface area contributed by atoms with Crippen LogP contribution in [0.25, 0.3) is 49.2 Å². The van der Waals surface area contributed by atoms with Crippen LogP contribution in [0.15, 0.2) is 27.3 Å². The lowest BCUT2D eigenvalue weighted by atomic mass is 9.83. The van der Waals surface area contributed by atoms with Gasteiger partial charge in [0, 0.05) is 50.2 Å². The molecule has 0 radical (unpaired) electrons. The molecule has 0 unspecified atom stereocenters. The molecule has 0 aliphatic heterocycles. The highest BCUT2D eigenvalue weighted by Crippen LogP contribution is 2.56. The molecule has 0 heterocycles. The molecule has 220 valence electrons. The SMILES string of the molecule is COc1c(NCC(=O)O)c2c(=O)cc(OC)c3c4c(OC)cc(=O)c5c(O)c(NCC(=O)O)c6c(c(c1CC(C)=C6)c23)c54. The summed E-state index contributed by atoms with van der Waals surface area (Å²) >= 11 is 0. The molecule has 12 nitrogen and oxygen atoms in total. The molecule has 0 bridgehead atoms. The number of hydrogen-bond donors (Lipinski definition) is 5. The topological polar surface area (TPSA) is 181 Å². The number of anilines is 2. The van der Waals surface area contributed by atoms with Crippen LogP contribution in [0.5, 0.6) is 23.0 Å². The third-order valence-electron chi connectivity index (χ3n) is 7.90. The number of phenols is 1. The van der Waals surface area contributed by atoms with Crippen LogP contribution in [0.3, 0.4) is 0 Å². The van der Waals surface area contributed by atoms with E-state index in [0.717, 1.165) is 5.57 Å². The summed E-state index contributed by atoms with van der Waals surface area (Å²) < 4.78 is 17.3. The first kappa shape index (κ1) is 27.6. The van der Waals surface area contributed by atoms with Gasteiger partial charge in [0.05, 0.1) is 43.5 Å². The van der Waals surface area contributed by atoms with E-state index in [1.807, 2.05) is 6.92 Å². The van der Waals surface area contributed by atoms with Gasteiger partial charge in [-0.2, -0.15) is 0 Å². The van der Waals surface area contributed by atoms with Crippen molar-refractivity contribution >= 4 is 72.5 Å². The molecule has 6 rings (SSSR count). The van der Waals surface area contributed by atoms with Crippen LogP contribution in [0.4, 0.5) is 11.4 Å². The van der Waals surface area contributed by atoms with Crippen molar-refractivity contribution in [2.75, 3.05) is 45.1 Å². The average Bonchev–Trinajstić information content (AvgIpc) is 3.11. The zero-order valence-electron chi connectivity index (χ0n) is 23.6. The monoisotopic (exact) mass is 586 g/mol. The molecule has 43 heavy (non-hydrogen) atoms. The number of carbonyl (C=O) groups is 2. The second-order valence-electron chi connectivity index (χ2n) is 10.3. The predicted octanol–water partition coefficient (Wildman–Crippen LogP) is 3.58. The maximum absolute atomic E-state index is 13.8. The Labute approximate surface area is 242 Å². The number of benzene rings is 5. The van der Waals surface area contributed by atoms with Crippen molar-refractivity contribution in [3.63, 3.8) is 0 Å². The number of fused-ring (bicyclic) bond motifs is 1. The van der Waals surface area contributed by atoms with Gasteiger partial charge in [0.1, 0.15) is 30.3 Å². The summed E-state index contributed by atoms with van der Waals surface area (Å²) in [6, 6.07) is 2.50. The highest BCUT2D eigenvalue weighted by Gasteiger charge is 2.33. The van der Waals surface area contributed by atoms with Gasteiger partial charge >= 0.3 is 11.9 Å². The number of ether oxygens (including phenoxy) is 3. The van der Waals surface area contributed by atoms with Crippen LogP contribution in [0.2, 0.25) is 0 Å². The first-order valence-corrected chi connectivity index (χ1v) is 13.2. The lowest BCUT2D eigenvalue weighted by Crippen LogP contribution is -2.17. The van der Waals surface area contributed by atoms with Gasteiger partial charge in [0.2, 0.25) is 0 Å². The van der Waals surface area contributed by atoms with Crippen LogP contribution in [-0.2, 0) is 16.0 Å². The molecule has 0 saturated carbocycles. The highest BCUT2D eigenvalue weighted by molar-refractivity contribution is 6.40. The van der Waals surface area contributed by atoms with Crippen molar-refractivity contribution in [2.45, 2.75) is 13.3 Å². The molecule has 0 fully saturated rings. The molecule has 0 saturated heterocycles. The van der Waals surface area contributed by atoms with E-state index >= 15 is 0 Å². The molecule has 12 heteroatoms. The van der Waals surface area contributed by atoms with Crippen LogP contribution in [0.1, 0.15) is 18.1 Å². The normalized spacial score (nSPS) is 12.6. The molecule has 0 spiro atoms. The maximum atomic E-state index is 13.8. The van der Waals surface area contributed by atoms with Gasteiger partial charge in [-0.3, -0.25) is 19.2 Å². The first-order valence-electron chi connectivity index (χ1n) is 13.2. The van der Waals surface area contributed by atoms with Crippen LogP contribution in [0, 0.1) is 0 Å². The van der Waals surface area contributed by atoms with Crippen molar-refractivity contribution in [1.82, 2.24) is 0 Å². The van der Waals surface area contributed by atoms with Gasteiger partial charge in [-0.15, -0.1) is 0 Å². The Kier molecular flexibility index (Phi) is 6.29. The molecule has 0 atom stereocenters. The Hall–Kier alpha value is -5.52. The highest BCUT2D eigenvalue weighted by atomic mass is 16.5. The number of rotatable bonds is 9. The summed E-state index contributed by atoms with van der Waals surface area (Å²) in [5.74, 6) is -2.18. The van der Waals surface area contributed by atoms with Gasteiger partial charge in [0.15, 0.2) is 16.6 Å². The van der Waals surface area contributed by atoms with Crippen LogP contribution < -0.4 is 35.7 Å². The van der Waals surface area contributed by atoms with E-state index in [2.05, 4.69) is 10.6 Å². The number of allylic oxidation sites excluding steroid dienone is 1. The number of phenolic OH excluding ortho intramolecular Hbond substituents is 1. The Morgan fingerprint density at radius 2 is 1.28 bits per heavy atom. The molecular formula is C31H26N2O10. The maximum Gasteiger partial charge on any atom is 0.322 e. The minimum Gasteiger partial charge on any atom is -0.505 e. The zero-order chi connectivity index (χ0) is 30.9. The minimum absolute atomic E-state index is 0.0409. The lowest BCUT2D eigenvalue weighted by molar-refractivity contribution is -0.135. The standard InChI is InChI=1S/C31H26N2O10/c1-11-5-12-20-21-13(6-11)31(43-4)29(33-10-19(38)39)22-14(34)7-16(41-2)24(26(21)22)25-17(42-3)8-15(35)23(27(20)25)30(40)28(12)32-9-18(36)37/h5,7-8,32-33,40H,6,9-10H2,1-4H3,(H,36,37)(H,38,39). The van der Waals surface area contributed by atoms with Gasteiger partial charge < -0.3 is 40.2 Å². The van der Waals surface area contributed by atoms with Gasteiger partial charge in [-0.1, -0.05) is 11.6 Å². The van der Waals surface area contributed by atoms with E-state index in [1.54, 1.807) is 6.08 Å². The van der Waals surface area contributed by atoms with Crippen molar-refractivity contribution in [2.24, 2.45) is 0 Å². The number of aromatic hydroxyl groups is 1. The molecule has 1 aliphatic rings. The molecular weight excluding hydrogens is 560 g/mol. The van der Waals surface area contributed by atoms with E-state index < -0.39 is 41.6 Å². The molecule has 0 amide bonds. The predicted molar refractivity (Wildman–Crippen MR) is 162 cm³/mol. The van der Waals surface area contributed by atoms with E-state index in [9.17, 15) is 34.5 Å². The van der Waals surface area contributed by atoms with Crippen LogP contribution >= 0.6 is 0 Å². The van der Waals surface area contributed by atoms with Crippen molar-refractivity contribution in [3.8, 4) is 23.0 Å². The Morgan fingerprint density at radius 3 is 1.81 bits per heavy atom. The summed E-state index contributed by atoms with van der Waals surface area (Å²) in [5.41, 5.74) is 0.978. The third-order valence-corrected chi connectivity index (χ3v) is 7.90. The van der Waals surface area contributed by atoms with E-state index in [4.69, 9.17) is 14.2 Å². The number of hydrogen-bond acceptors (Lipinski definition) is 10. The summed E-state index contributed by atoms with van der Waals surface area (Å²) in [5, 5.41) is 38.8. The van der Waals surface area contributed by atoms with Crippen molar-refractivity contribution < 1.29 is 39.1 Å². The fourth-order valence-corrected chi connectivity index (χ4v) is 6.44. The second-order valence-corrected chi connectivity index (χ2v) is 10.3. The quantitative estimate of drug-likeness (QED) is 0.0964. The molecule has 5 aromatic rings. The molecule has 1 aliphatic carbocycles. The summed E-state index contributed by atoms with van der Waals surface area (Å²) in [6.45, 7) is 0.787. The fraction of sp³-hybridized carbons (Fsp3) is 0.226. The summed E-state index contributed by atoms with van der Waals surface area (Å²) in [4.78, 5) is 50.6. The number of carboxylic acid groups (broad SMARTS) is 2. The van der Waals surface area contributed by atoms with E-state index in [-0.39, 0.29) is 45.8 Å². The van der Waals surface area contributed by atoms with E-state index in [0.29, 0.717) is 43.4 Å². The number of carboxylic acids is 2. The number of aliphatic carboxylic acids is 2. The second kappa shape index (κ2) is 9.79. The number of methoxy groups -OCH3 is 3. The largest absolute Gasteiger partial charge is 0.505 e. The third kappa shape index (κ3) is 3.83. The van der Waals surface area contributed by atoms with Gasteiger partial charge in [-0.25, -0.2) is 0 Å². The van der Waals surface area contributed by atoms with Gasteiger partial charge in [-0.05, 0) is 18.7 Å². The zero-order valence-corrected chi connectivity index (χ0v) is 23.6. The lowest BCUT2D eigenvalue weighted by Gasteiger charge is -2.25. The summed E-state index contributed by atoms with van der Waals surface area (Å²) in [7, 11) is 4.21.